The molecule has 1 heterocycles. The molecule has 3 atom stereocenters. The van der Waals surface area contributed by atoms with Gasteiger partial charge in [-0.1, -0.05) is 6.92 Å². The Balaban J connectivity index is 1.87. The Hall–Kier alpha value is -1.30. The molecule has 2 amide bonds. The molecule has 2 N–H and O–H groups in total. The zero-order valence-electron chi connectivity index (χ0n) is 13.2. The minimum absolute atomic E-state index is 0.00793. The van der Waals surface area contributed by atoms with Crippen molar-refractivity contribution in [3.05, 3.63) is 0 Å². The number of piperidine rings is 1. The first-order valence-corrected chi connectivity index (χ1v) is 7.91. The van der Waals surface area contributed by atoms with Gasteiger partial charge in [0.25, 0.3) is 0 Å². The fraction of sp³-hybridized carbons (Fsp3) is 0.867. The third-order valence-corrected chi connectivity index (χ3v) is 4.81. The number of urea groups is 1. The number of carbonyl (C=O) groups excluding carboxylic acids is 1. The van der Waals surface area contributed by atoms with E-state index in [0.717, 1.165) is 12.8 Å². The van der Waals surface area contributed by atoms with E-state index in [9.17, 15) is 14.7 Å². The van der Waals surface area contributed by atoms with Gasteiger partial charge in [-0.25, -0.2) is 9.59 Å². The molecule has 1 aliphatic heterocycles. The summed E-state index contributed by atoms with van der Waals surface area (Å²) in [6, 6.07) is -0.0224. The fourth-order valence-electron chi connectivity index (χ4n) is 3.11. The van der Waals surface area contributed by atoms with Crippen molar-refractivity contribution in [1.29, 1.82) is 0 Å². The van der Waals surface area contributed by atoms with E-state index >= 15 is 0 Å². The van der Waals surface area contributed by atoms with E-state index in [2.05, 4.69) is 24.2 Å². The zero-order chi connectivity index (χ0) is 15.6. The molecule has 1 aliphatic carbocycles. The van der Waals surface area contributed by atoms with Gasteiger partial charge in [0.1, 0.15) is 6.04 Å². The summed E-state index contributed by atoms with van der Waals surface area (Å²) in [7, 11) is 2.08. The highest BCUT2D eigenvalue weighted by atomic mass is 16.4. The number of nitrogens with zero attached hydrogens (tertiary/aromatic N) is 2. The van der Waals surface area contributed by atoms with Crippen LogP contribution in [0.25, 0.3) is 0 Å². The lowest BCUT2D eigenvalue weighted by Gasteiger charge is -2.37. The second-order valence-corrected chi connectivity index (χ2v) is 6.53. The van der Waals surface area contributed by atoms with Crippen molar-refractivity contribution in [3.8, 4) is 0 Å². The Morgan fingerprint density at radius 1 is 1.38 bits per heavy atom. The molecule has 0 aromatic carbocycles. The first-order valence-electron chi connectivity index (χ1n) is 7.91. The molecule has 2 aliphatic rings. The van der Waals surface area contributed by atoms with Crippen LogP contribution in [-0.4, -0.2) is 65.2 Å². The standard InChI is InChI=1S/C15H27N3O3/c1-10-5-4-8-18(13(10)14(19)20)15(21)16-9-11(2)17(3)12-6-7-12/h10-13H,4-9H2,1-3H3,(H,16,21)(H,19,20). The van der Waals surface area contributed by atoms with Crippen molar-refractivity contribution >= 4 is 12.0 Å². The molecule has 120 valence electrons. The lowest BCUT2D eigenvalue weighted by Crippen LogP contribution is -2.56. The normalized spacial score (nSPS) is 27.5. The van der Waals surface area contributed by atoms with Gasteiger partial charge in [-0.05, 0) is 45.6 Å². The van der Waals surface area contributed by atoms with Crippen LogP contribution in [0.4, 0.5) is 4.79 Å². The number of carbonyl (C=O) groups is 2. The highest BCUT2D eigenvalue weighted by Gasteiger charge is 2.37. The van der Waals surface area contributed by atoms with Crippen LogP contribution in [0.1, 0.15) is 39.5 Å². The molecular formula is C15H27N3O3. The Morgan fingerprint density at radius 3 is 2.62 bits per heavy atom. The molecule has 0 radical (unpaired) electrons. The quantitative estimate of drug-likeness (QED) is 0.804. The highest BCUT2D eigenvalue weighted by Crippen LogP contribution is 2.27. The Kier molecular flexibility index (Phi) is 5.08. The molecule has 1 saturated carbocycles. The number of rotatable bonds is 5. The molecular weight excluding hydrogens is 270 g/mol. The van der Waals surface area contributed by atoms with Gasteiger partial charge in [0.05, 0.1) is 0 Å². The predicted molar refractivity (Wildman–Crippen MR) is 80.2 cm³/mol. The third kappa shape index (κ3) is 3.87. The number of aliphatic carboxylic acids is 1. The van der Waals surface area contributed by atoms with Gasteiger partial charge in [-0.2, -0.15) is 0 Å². The largest absolute Gasteiger partial charge is 0.480 e. The molecule has 3 unspecified atom stereocenters. The van der Waals surface area contributed by atoms with E-state index in [1.807, 2.05) is 6.92 Å². The zero-order valence-corrected chi connectivity index (χ0v) is 13.2. The van der Waals surface area contributed by atoms with Gasteiger partial charge in [0, 0.05) is 25.2 Å². The lowest BCUT2D eigenvalue weighted by molar-refractivity contribution is -0.145. The van der Waals surface area contributed by atoms with Crippen LogP contribution in [0.2, 0.25) is 0 Å². The molecule has 2 fully saturated rings. The number of amides is 2. The van der Waals surface area contributed by atoms with Gasteiger partial charge < -0.3 is 15.3 Å². The molecule has 0 bridgehead atoms. The smallest absolute Gasteiger partial charge is 0.326 e. The van der Waals surface area contributed by atoms with Gasteiger partial charge in [0.2, 0.25) is 0 Å². The predicted octanol–water partition coefficient (Wildman–Crippen LogP) is 1.36. The number of nitrogens with one attached hydrogen (secondary N) is 1. The fourth-order valence-corrected chi connectivity index (χ4v) is 3.11. The lowest BCUT2D eigenvalue weighted by atomic mass is 9.91. The maximum Gasteiger partial charge on any atom is 0.326 e. The number of hydrogen-bond donors (Lipinski definition) is 2. The van der Waals surface area contributed by atoms with Gasteiger partial charge >= 0.3 is 12.0 Å². The molecule has 0 aromatic heterocycles. The van der Waals surface area contributed by atoms with Crippen LogP contribution in [0.15, 0.2) is 0 Å². The average Bonchev–Trinajstić information content (AvgIpc) is 3.27. The van der Waals surface area contributed by atoms with Crippen LogP contribution in [0.5, 0.6) is 0 Å². The summed E-state index contributed by atoms with van der Waals surface area (Å²) in [4.78, 5) is 27.5. The number of hydrogen-bond acceptors (Lipinski definition) is 3. The first kappa shape index (κ1) is 16.1. The highest BCUT2D eigenvalue weighted by molar-refractivity contribution is 5.83. The maximum absolute atomic E-state index is 12.3. The van der Waals surface area contributed by atoms with E-state index in [0.29, 0.717) is 19.1 Å². The number of carboxylic acids is 1. The Morgan fingerprint density at radius 2 is 2.05 bits per heavy atom. The summed E-state index contributed by atoms with van der Waals surface area (Å²) >= 11 is 0. The van der Waals surface area contributed by atoms with E-state index < -0.39 is 12.0 Å². The van der Waals surface area contributed by atoms with Crippen LogP contribution in [-0.2, 0) is 4.79 Å². The van der Waals surface area contributed by atoms with Crippen LogP contribution < -0.4 is 5.32 Å². The maximum atomic E-state index is 12.3. The summed E-state index contributed by atoms with van der Waals surface area (Å²) in [5.41, 5.74) is 0. The van der Waals surface area contributed by atoms with Gasteiger partial charge in [0.15, 0.2) is 0 Å². The van der Waals surface area contributed by atoms with E-state index in [1.54, 1.807) is 0 Å². The molecule has 21 heavy (non-hydrogen) atoms. The van der Waals surface area contributed by atoms with Crippen LogP contribution in [0, 0.1) is 5.92 Å². The van der Waals surface area contributed by atoms with Crippen molar-refractivity contribution in [2.24, 2.45) is 5.92 Å². The molecule has 0 spiro atoms. The molecule has 6 heteroatoms. The van der Waals surface area contributed by atoms with Crippen LogP contribution >= 0.6 is 0 Å². The topological polar surface area (TPSA) is 72.9 Å². The summed E-state index contributed by atoms with van der Waals surface area (Å²) in [5, 5.41) is 12.2. The van der Waals surface area contributed by atoms with E-state index in [4.69, 9.17) is 0 Å². The summed E-state index contributed by atoms with van der Waals surface area (Å²) in [6.07, 6.45) is 4.20. The van der Waals surface area contributed by atoms with Gasteiger partial charge in [-0.3, -0.25) is 4.90 Å². The van der Waals surface area contributed by atoms with Crippen molar-refractivity contribution in [3.63, 3.8) is 0 Å². The first-order chi connectivity index (χ1) is 9.91. The number of likely N-dealkylation sites (N-methyl/N-ethyl adjacent to an activating group) is 1. The molecule has 0 aromatic rings. The van der Waals surface area contributed by atoms with Crippen molar-refractivity contribution in [2.45, 2.75) is 57.7 Å². The average molecular weight is 297 g/mol. The van der Waals surface area contributed by atoms with Crippen molar-refractivity contribution in [1.82, 2.24) is 15.1 Å². The Labute approximate surface area is 126 Å². The number of likely N-dealkylation sites (tertiary alicyclic amines) is 1. The van der Waals surface area contributed by atoms with Crippen molar-refractivity contribution < 1.29 is 14.7 Å². The Bertz CT molecular complexity index is 398. The summed E-state index contributed by atoms with van der Waals surface area (Å²) in [6.45, 7) is 5.08. The second-order valence-electron chi connectivity index (χ2n) is 6.53. The third-order valence-electron chi connectivity index (χ3n) is 4.81. The molecule has 2 rings (SSSR count). The summed E-state index contributed by atoms with van der Waals surface area (Å²) < 4.78 is 0. The minimum atomic E-state index is -0.902. The van der Waals surface area contributed by atoms with E-state index in [-0.39, 0.29) is 18.0 Å². The SMILES string of the molecule is CC1CCCN(C(=O)NCC(C)N(C)C2CC2)C1C(=O)O. The molecule has 6 nitrogen and oxygen atoms in total. The minimum Gasteiger partial charge on any atom is -0.480 e. The second kappa shape index (κ2) is 6.64. The van der Waals surface area contributed by atoms with Crippen molar-refractivity contribution in [2.75, 3.05) is 20.1 Å². The van der Waals surface area contributed by atoms with Gasteiger partial charge in [-0.15, -0.1) is 0 Å². The summed E-state index contributed by atoms with van der Waals surface area (Å²) in [5.74, 6) is -0.894. The van der Waals surface area contributed by atoms with E-state index in [1.165, 1.54) is 17.7 Å². The number of carboxylic acid groups (broad SMARTS) is 1. The van der Waals surface area contributed by atoms with Crippen LogP contribution in [0.3, 0.4) is 0 Å². The molecule has 1 saturated heterocycles. The monoisotopic (exact) mass is 297 g/mol.